The fourth-order valence-electron chi connectivity index (χ4n) is 4.49. The smallest absolute Gasteiger partial charge is 0.305 e. The van der Waals surface area contributed by atoms with Crippen LogP contribution in [0.4, 0.5) is 11.4 Å². The van der Waals surface area contributed by atoms with Crippen LogP contribution in [-0.2, 0) is 30.6 Å². The number of amides is 4. The molecule has 0 spiro atoms. The third-order valence-corrected chi connectivity index (χ3v) is 6.40. The van der Waals surface area contributed by atoms with Gasteiger partial charge < -0.3 is 30.5 Å². The number of benzene rings is 2. The molecule has 0 radical (unpaired) electrons. The van der Waals surface area contributed by atoms with Crippen LogP contribution in [0.1, 0.15) is 40.4 Å². The van der Waals surface area contributed by atoms with Crippen LogP contribution in [-0.4, -0.2) is 71.3 Å². The number of fused-ring (bicyclic) bond motifs is 1. The van der Waals surface area contributed by atoms with Crippen molar-refractivity contribution in [3.8, 4) is 0 Å². The first-order chi connectivity index (χ1) is 18.5. The summed E-state index contributed by atoms with van der Waals surface area (Å²) in [6.45, 7) is 3.80. The van der Waals surface area contributed by atoms with Crippen molar-refractivity contribution in [3.63, 3.8) is 0 Å². The maximum absolute atomic E-state index is 13.7. The Hall–Kier alpha value is -4.58. The normalized spacial score (nSPS) is 15.6. The first kappa shape index (κ1) is 29.0. The second kappa shape index (κ2) is 12.3. The van der Waals surface area contributed by atoms with E-state index >= 15 is 0 Å². The second-order valence-electron chi connectivity index (χ2n) is 9.22. The third kappa shape index (κ3) is 6.65. The van der Waals surface area contributed by atoms with E-state index in [1.165, 1.54) is 17.9 Å². The van der Waals surface area contributed by atoms with E-state index in [1.807, 2.05) is 0 Å². The lowest BCUT2D eigenvalue weighted by Crippen LogP contribution is -2.54. The molecule has 0 saturated heterocycles. The van der Waals surface area contributed by atoms with Gasteiger partial charge in [0.25, 0.3) is 11.8 Å². The van der Waals surface area contributed by atoms with Gasteiger partial charge in [-0.2, -0.15) is 0 Å². The molecule has 1 aliphatic rings. The lowest BCUT2D eigenvalue weighted by Gasteiger charge is -2.25. The van der Waals surface area contributed by atoms with Gasteiger partial charge >= 0.3 is 5.97 Å². The number of nitrogens with zero attached hydrogens (tertiary/aromatic N) is 2. The van der Waals surface area contributed by atoms with E-state index in [0.29, 0.717) is 22.4 Å². The molecule has 0 unspecified atom stereocenters. The Balaban J connectivity index is 1.96. The topological polar surface area (TPSA) is 173 Å². The minimum absolute atomic E-state index is 0.193. The molecular formula is C27H30N4O8. The van der Waals surface area contributed by atoms with E-state index in [4.69, 9.17) is 5.11 Å². The van der Waals surface area contributed by atoms with Gasteiger partial charge in [0.15, 0.2) is 0 Å². The lowest BCUT2D eigenvalue weighted by molar-refractivity contribution is -0.139. The standard InChI is InChI=1S/C27H30N4O8/c1-15-8-18(9-16(2)20(15)14-33)26(38)29-21-11-30(17(3)34)22-6-4-5-7-23(22)31(27(21)39)12-24(35)28-19(13-32)10-25(36)37/h4-9,13,19,21,33H,10-12,14H2,1-3H3,(H,28,35)(H,29,38)(H,36,37)/t19-,21-/m0/s1. The average molecular weight is 539 g/mol. The van der Waals surface area contributed by atoms with Crippen LogP contribution in [0.2, 0.25) is 0 Å². The maximum atomic E-state index is 13.7. The maximum Gasteiger partial charge on any atom is 0.305 e. The van der Waals surface area contributed by atoms with Gasteiger partial charge in [-0.1, -0.05) is 12.1 Å². The summed E-state index contributed by atoms with van der Waals surface area (Å²) in [6.07, 6.45) is -0.346. The molecule has 3 rings (SSSR count). The Morgan fingerprint density at radius 3 is 2.26 bits per heavy atom. The van der Waals surface area contributed by atoms with Crippen molar-refractivity contribution >= 4 is 47.3 Å². The zero-order valence-corrected chi connectivity index (χ0v) is 21.8. The Bertz CT molecular complexity index is 1300. The van der Waals surface area contributed by atoms with Gasteiger partial charge in [-0.15, -0.1) is 0 Å². The average Bonchev–Trinajstić information content (AvgIpc) is 2.98. The van der Waals surface area contributed by atoms with E-state index in [2.05, 4.69) is 10.6 Å². The first-order valence-electron chi connectivity index (χ1n) is 12.1. The van der Waals surface area contributed by atoms with Crippen LogP contribution in [0.15, 0.2) is 36.4 Å². The van der Waals surface area contributed by atoms with Crippen molar-refractivity contribution in [2.75, 3.05) is 22.9 Å². The summed E-state index contributed by atoms with van der Waals surface area (Å²) in [5, 5.41) is 23.5. The molecule has 0 aliphatic carbocycles. The number of carboxylic acids is 1. The van der Waals surface area contributed by atoms with E-state index in [9.17, 15) is 33.9 Å². The van der Waals surface area contributed by atoms with Crippen LogP contribution >= 0.6 is 0 Å². The number of nitrogens with one attached hydrogen (secondary N) is 2. The van der Waals surface area contributed by atoms with Crippen LogP contribution in [0.25, 0.3) is 0 Å². The van der Waals surface area contributed by atoms with Gasteiger partial charge in [-0.3, -0.25) is 28.9 Å². The molecule has 1 aliphatic heterocycles. The predicted octanol–water partition coefficient (Wildman–Crippen LogP) is 0.452. The fourth-order valence-corrected chi connectivity index (χ4v) is 4.49. The molecular weight excluding hydrogens is 508 g/mol. The predicted molar refractivity (Wildman–Crippen MR) is 140 cm³/mol. The molecule has 2 atom stereocenters. The third-order valence-electron chi connectivity index (χ3n) is 6.40. The van der Waals surface area contributed by atoms with Gasteiger partial charge in [-0.25, -0.2) is 0 Å². The number of para-hydroxylation sites is 2. The minimum Gasteiger partial charge on any atom is -0.481 e. The van der Waals surface area contributed by atoms with Crippen molar-refractivity contribution in [1.29, 1.82) is 0 Å². The molecule has 39 heavy (non-hydrogen) atoms. The molecule has 2 aromatic rings. The van der Waals surface area contributed by atoms with Crippen LogP contribution in [0, 0.1) is 13.8 Å². The highest BCUT2D eigenvalue weighted by atomic mass is 16.4. The van der Waals surface area contributed by atoms with Crippen molar-refractivity contribution in [1.82, 2.24) is 10.6 Å². The number of anilines is 2. The number of aryl methyl sites for hydroxylation is 2. The summed E-state index contributed by atoms with van der Waals surface area (Å²) in [7, 11) is 0. The van der Waals surface area contributed by atoms with Crippen molar-refractivity contribution in [2.24, 2.45) is 0 Å². The molecule has 0 saturated carbocycles. The molecule has 12 nitrogen and oxygen atoms in total. The first-order valence-corrected chi connectivity index (χ1v) is 12.1. The largest absolute Gasteiger partial charge is 0.481 e. The number of aliphatic hydroxyl groups is 1. The molecule has 1 heterocycles. The van der Waals surface area contributed by atoms with Gasteiger partial charge in [0, 0.05) is 12.5 Å². The summed E-state index contributed by atoms with van der Waals surface area (Å²) in [5.41, 5.74) is 2.87. The number of aldehydes is 1. The molecule has 0 fully saturated rings. The number of carbonyl (C=O) groups excluding carboxylic acids is 5. The van der Waals surface area contributed by atoms with Gasteiger partial charge in [0.1, 0.15) is 18.9 Å². The van der Waals surface area contributed by atoms with E-state index < -0.39 is 54.6 Å². The molecule has 12 heteroatoms. The fraction of sp³-hybridized carbons (Fsp3) is 0.333. The highest BCUT2D eigenvalue weighted by Gasteiger charge is 2.37. The number of hydrogen-bond acceptors (Lipinski definition) is 7. The lowest BCUT2D eigenvalue weighted by atomic mass is 9.99. The molecule has 0 bridgehead atoms. The highest BCUT2D eigenvalue weighted by Crippen LogP contribution is 2.33. The van der Waals surface area contributed by atoms with Crippen molar-refractivity contribution in [2.45, 2.75) is 45.9 Å². The molecule has 2 aromatic carbocycles. The number of hydrogen-bond donors (Lipinski definition) is 4. The Morgan fingerprint density at radius 2 is 1.72 bits per heavy atom. The number of carboxylic acid groups (broad SMARTS) is 1. The minimum atomic E-state index is -1.30. The zero-order valence-electron chi connectivity index (χ0n) is 21.8. The zero-order chi connectivity index (χ0) is 28.9. The number of rotatable bonds is 9. The summed E-state index contributed by atoms with van der Waals surface area (Å²) in [6, 6.07) is 7.01. The SMILES string of the molecule is CC(=O)N1C[C@H](NC(=O)c2cc(C)c(CO)c(C)c2)C(=O)N(CC(=O)N[C@H](C=O)CC(=O)O)c2ccccc21. The highest BCUT2D eigenvalue weighted by molar-refractivity contribution is 6.10. The molecule has 0 aromatic heterocycles. The van der Waals surface area contributed by atoms with Crippen LogP contribution in [0.3, 0.4) is 0 Å². The number of aliphatic carboxylic acids is 1. The number of carbonyl (C=O) groups is 6. The number of aliphatic hydroxyl groups excluding tert-OH is 1. The summed E-state index contributed by atoms with van der Waals surface area (Å²) in [5.74, 6) is -3.77. The quantitative estimate of drug-likeness (QED) is 0.333. The monoisotopic (exact) mass is 538 g/mol. The Labute approximate surface area is 224 Å². The van der Waals surface area contributed by atoms with Crippen LogP contribution < -0.4 is 20.4 Å². The van der Waals surface area contributed by atoms with Crippen LogP contribution in [0.5, 0.6) is 0 Å². The summed E-state index contributed by atoms with van der Waals surface area (Å²) in [4.78, 5) is 77.0. The molecule has 4 N–H and O–H groups in total. The van der Waals surface area contributed by atoms with Crippen molar-refractivity contribution in [3.05, 3.63) is 58.7 Å². The molecule has 206 valence electrons. The Morgan fingerprint density at radius 1 is 1.10 bits per heavy atom. The summed E-state index contributed by atoms with van der Waals surface area (Å²) >= 11 is 0. The van der Waals surface area contributed by atoms with Crippen molar-refractivity contribution < 1.29 is 39.0 Å². The van der Waals surface area contributed by atoms with Gasteiger partial charge in [-0.05, 0) is 54.8 Å². The van der Waals surface area contributed by atoms with E-state index in [0.717, 1.165) is 4.90 Å². The van der Waals surface area contributed by atoms with E-state index in [-0.39, 0.29) is 30.7 Å². The molecule has 4 amide bonds. The van der Waals surface area contributed by atoms with E-state index in [1.54, 1.807) is 44.2 Å². The Kier molecular flexibility index (Phi) is 9.15. The second-order valence-corrected chi connectivity index (χ2v) is 9.22. The van der Waals surface area contributed by atoms with Gasteiger partial charge in [0.2, 0.25) is 11.8 Å². The van der Waals surface area contributed by atoms with Gasteiger partial charge in [0.05, 0.1) is 37.0 Å². The summed E-state index contributed by atoms with van der Waals surface area (Å²) < 4.78 is 0.